The molecular weight excluding hydrogens is 244 g/mol. The Morgan fingerprint density at radius 3 is 3.06 bits per heavy atom. The molecule has 2 bridgehead atoms. The molecule has 0 aliphatic carbocycles. The molecule has 0 spiro atoms. The first-order valence-electron chi connectivity index (χ1n) is 6.87. The Morgan fingerprint density at radius 1 is 1.61 bits per heavy atom. The van der Waals surface area contributed by atoms with Crippen LogP contribution in [0, 0.1) is 5.92 Å². The summed E-state index contributed by atoms with van der Waals surface area (Å²) in [4.78, 5) is 13.6. The number of hydrogen-bond donors (Lipinski definition) is 2. The summed E-state index contributed by atoms with van der Waals surface area (Å²) in [6, 6.07) is 5.37. The van der Waals surface area contributed by atoms with Gasteiger partial charge in [0, 0.05) is 17.0 Å². The van der Waals surface area contributed by atoms with E-state index >= 15 is 0 Å². The summed E-state index contributed by atoms with van der Waals surface area (Å²) >= 11 is 1.73. The summed E-state index contributed by atoms with van der Waals surface area (Å²) in [6.45, 7) is 2.13. The maximum atomic E-state index is 12.4. The molecule has 1 amide bonds. The molecule has 2 aliphatic rings. The van der Waals surface area contributed by atoms with Crippen LogP contribution in [0.15, 0.2) is 17.5 Å². The lowest BCUT2D eigenvalue weighted by atomic mass is 9.88. The van der Waals surface area contributed by atoms with Crippen molar-refractivity contribution in [2.75, 3.05) is 0 Å². The predicted molar refractivity (Wildman–Crippen MR) is 73.5 cm³/mol. The number of fused-ring (bicyclic) bond motifs is 2. The van der Waals surface area contributed by atoms with Crippen LogP contribution in [0.25, 0.3) is 0 Å². The van der Waals surface area contributed by atoms with Gasteiger partial charge in [0.15, 0.2) is 0 Å². The molecule has 2 saturated heterocycles. The summed E-state index contributed by atoms with van der Waals surface area (Å²) in [5, 5.41) is 8.83. The van der Waals surface area contributed by atoms with Crippen molar-refractivity contribution in [3.8, 4) is 0 Å². The van der Waals surface area contributed by atoms with E-state index in [9.17, 15) is 4.79 Å². The van der Waals surface area contributed by atoms with E-state index in [-0.39, 0.29) is 17.9 Å². The second kappa shape index (κ2) is 5.02. The van der Waals surface area contributed by atoms with Crippen molar-refractivity contribution in [3.63, 3.8) is 0 Å². The largest absolute Gasteiger partial charge is 0.348 e. The minimum atomic E-state index is 0.191. The van der Waals surface area contributed by atoms with Crippen molar-refractivity contribution in [3.05, 3.63) is 22.4 Å². The molecule has 98 valence electrons. The molecular formula is C14H20N2OS. The highest BCUT2D eigenvalue weighted by atomic mass is 32.1. The zero-order valence-electron chi connectivity index (χ0n) is 10.7. The molecule has 0 saturated carbocycles. The van der Waals surface area contributed by atoms with Gasteiger partial charge in [0.2, 0.25) is 5.91 Å². The first kappa shape index (κ1) is 12.2. The van der Waals surface area contributed by atoms with Crippen LogP contribution in [-0.2, 0) is 4.79 Å². The molecule has 4 atom stereocenters. The molecule has 3 heterocycles. The number of amides is 1. The van der Waals surface area contributed by atoms with Crippen LogP contribution in [0.3, 0.4) is 0 Å². The Balaban J connectivity index is 1.63. The summed E-state index contributed by atoms with van der Waals surface area (Å²) in [5.41, 5.74) is 0. The van der Waals surface area contributed by atoms with Gasteiger partial charge in [-0.3, -0.25) is 4.79 Å². The van der Waals surface area contributed by atoms with Crippen LogP contribution < -0.4 is 10.6 Å². The molecule has 1 aromatic rings. The smallest absolute Gasteiger partial charge is 0.225 e. The molecule has 1 aromatic heterocycles. The Morgan fingerprint density at radius 2 is 2.50 bits per heavy atom. The number of rotatable bonds is 4. The van der Waals surface area contributed by atoms with Gasteiger partial charge < -0.3 is 10.6 Å². The van der Waals surface area contributed by atoms with Gasteiger partial charge in [0.25, 0.3) is 0 Å². The average molecular weight is 264 g/mol. The maximum Gasteiger partial charge on any atom is 0.225 e. The molecule has 4 heteroatoms. The highest BCUT2D eigenvalue weighted by molar-refractivity contribution is 7.10. The van der Waals surface area contributed by atoms with E-state index in [0.29, 0.717) is 12.1 Å². The third-order valence-electron chi connectivity index (χ3n) is 4.25. The van der Waals surface area contributed by atoms with E-state index in [0.717, 1.165) is 12.8 Å². The fraction of sp³-hybridized carbons (Fsp3) is 0.643. The predicted octanol–water partition coefficient (Wildman–Crippen LogP) is 2.46. The minimum Gasteiger partial charge on any atom is -0.348 e. The monoisotopic (exact) mass is 264 g/mol. The Kier molecular flexibility index (Phi) is 3.39. The number of carbonyl (C=O) groups is 1. The van der Waals surface area contributed by atoms with Gasteiger partial charge in [0.05, 0.1) is 12.0 Å². The zero-order valence-corrected chi connectivity index (χ0v) is 11.5. The molecule has 3 rings (SSSR count). The zero-order chi connectivity index (χ0) is 12.5. The molecule has 2 fully saturated rings. The van der Waals surface area contributed by atoms with Crippen molar-refractivity contribution in [2.24, 2.45) is 5.92 Å². The lowest BCUT2D eigenvalue weighted by Gasteiger charge is -2.23. The van der Waals surface area contributed by atoms with Gasteiger partial charge in [-0.05, 0) is 37.1 Å². The number of thiophene rings is 1. The average Bonchev–Trinajstić information content (AvgIpc) is 3.10. The van der Waals surface area contributed by atoms with Gasteiger partial charge in [-0.2, -0.15) is 0 Å². The summed E-state index contributed by atoms with van der Waals surface area (Å²) < 4.78 is 0. The molecule has 0 radical (unpaired) electrons. The normalized spacial score (nSPS) is 31.5. The van der Waals surface area contributed by atoms with E-state index in [2.05, 4.69) is 29.0 Å². The fourth-order valence-corrected chi connectivity index (χ4v) is 4.12. The highest BCUT2D eigenvalue weighted by Crippen LogP contribution is 2.34. The SMILES string of the molecule is CCC(NC(=O)C1CC2CCC1N2)c1cccs1. The van der Waals surface area contributed by atoms with Crippen LogP contribution in [0.4, 0.5) is 0 Å². The highest BCUT2D eigenvalue weighted by Gasteiger charge is 2.43. The lowest BCUT2D eigenvalue weighted by Crippen LogP contribution is -2.39. The van der Waals surface area contributed by atoms with Crippen molar-refractivity contribution in [2.45, 2.75) is 50.7 Å². The Bertz CT molecular complexity index is 417. The summed E-state index contributed by atoms with van der Waals surface area (Å²) in [7, 11) is 0. The number of carbonyl (C=O) groups excluding carboxylic acids is 1. The molecule has 0 aromatic carbocycles. The Labute approximate surface area is 112 Å². The van der Waals surface area contributed by atoms with Gasteiger partial charge in [-0.1, -0.05) is 13.0 Å². The molecule has 4 unspecified atom stereocenters. The van der Waals surface area contributed by atoms with Gasteiger partial charge in [-0.25, -0.2) is 0 Å². The van der Waals surface area contributed by atoms with Crippen LogP contribution in [0.5, 0.6) is 0 Å². The number of hydrogen-bond acceptors (Lipinski definition) is 3. The summed E-state index contributed by atoms with van der Waals surface area (Å²) in [6.07, 6.45) is 4.40. The van der Waals surface area contributed by atoms with Gasteiger partial charge in [-0.15, -0.1) is 11.3 Å². The second-order valence-electron chi connectivity index (χ2n) is 5.37. The van der Waals surface area contributed by atoms with Gasteiger partial charge >= 0.3 is 0 Å². The van der Waals surface area contributed by atoms with Crippen molar-refractivity contribution < 1.29 is 4.79 Å². The quantitative estimate of drug-likeness (QED) is 0.877. The fourth-order valence-electron chi connectivity index (χ4n) is 3.26. The van der Waals surface area contributed by atoms with E-state index in [1.807, 2.05) is 6.07 Å². The van der Waals surface area contributed by atoms with E-state index in [1.165, 1.54) is 17.7 Å². The van der Waals surface area contributed by atoms with E-state index in [4.69, 9.17) is 0 Å². The second-order valence-corrected chi connectivity index (χ2v) is 6.35. The first-order valence-corrected chi connectivity index (χ1v) is 7.75. The van der Waals surface area contributed by atoms with E-state index < -0.39 is 0 Å². The van der Waals surface area contributed by atoms with Crippen LogP contribution in [0.1, 0.15) is 43.5 Å². The van der Waals surface area contributed by atoms with Crippen molar-refractivity contribution in [1.29, 1.82) is 0 Å². The third kappa shape index (κ3) is 2.19. The standard InChI is InChI=1S/C14H20N2OS/c1-2-11(13-4-3-7-18-13)16-14(17)10-8-9-5-6-12(10)15-9/h3-4,7,9-12,15H,2,5-6,8H2,1H3,(H,16,17). The molecule has 18 heavy (non-hydrogen) atoms. The van der Waals surface area contributed by atoms with Crippen molar-refractivity contribution in [1.82, 2.24) is 10.6 Å². The van der Waals surface area contributed by atoms with Crippen LogP contribution in [-0.4, -0.2) is 18.0 Å². The first-order chi connectivity index (χ1) is 8.78. The topological polar surface area (TPSA) is 41.1 Å². The molecule has 2 N–H and O–H groups in total. The van der Waals surface area contributed by atoms with Crippen LogP contribution >= 0.6 is 11.3 Å². The van der Waals surface area contributed by atoms with Gasteiger partial charge in [0.1, 0.15) is 0 Å². The minimum absolute atomic E-state index is 0.191. The third-order valence-corrected chi connectivity index (χ3v) is 5.23. The lowest BCUT2D eigenvalue weighted by molar-refractivity contribution is -0.126. The maximum absolute atomic E-state index is 12.4. The van der Waals surface area contributed by atoms with Crippen LogP contribution in [0.2, 0.25) is 0 Å². The summed E-state index contributed by atoms with van der Waals surface area (Å²) in [5.74, 6) is 0.438. The van der Waals surface area contributed by atoms with Crippen molar-refractivity contribution >= 4 is 17.2 Å². The molecule has 2 aliphatic heterocycles. The number of nitrogens with one attached hydrogen (secondary N) is 2. The Hall–Kier alpha value is -0.870. The van der Waals surface area contributed by atoms with E-state index in [1.54, 1.807) is 11.3 Å². The molecule has 3 nitrogen and oxygen atoms in total.